The summed E-state index contributed by atoms with van der Waals surface area (Å²) in [5.41, 5.74) is 1.72. The summed E-state index contributed by atoms with van der Waals surface area (Å²) in [6.45, 7) is 2.16. The van der Waals surface area contributed by atoms with E-state index in [2.05, 4.69) is 10.1 Å². The molecular weight excluding hydrogens is 294 g/mol. The maximum absolute atomic E-state index is 12.1. The van der Waals surface area contributed by atoms with Crippen LogP contribution in [0.15, 0.2) is 24.3 Å². The Kier molecular flexibility index (Phi) is 8.65. The first-order chi connectivity index (χ1) is 11.0. The van der Waals surface area contributed by atoms with Crippen LogP contribution in [0.1, 0.15) is 54.9 Å². The fourth-order valence-corrected chi connectivity index (χ4v) is 2.20. The average Bonchev–Trinajstić information content (AvgIpc) is 2.55. The maximum atomic E-state index is 12.1. The van der Waals surface area contributed by atoms with Gasteiger partial charge in [0, 0.05) is 31.9 Å². The summed E-state index contributed by atoms with van der Waals surface area (Å²) in [6.07, 6.45) is 4.11. The summed E-state index contributed by atoms with van der Waals surface area (Å²) >= 11 is 0. The normalized spacial score (nSPS) is 10.2. The fraction of sp³-hybridized carbons (Fsp3) is 0.500. The first-order valence-corrected chi connectivity index (χ1v) is 7.96. The lowest BCUT2D eigenvalue weighted by atomic mass is 10.0. The second-order valence-electron chi connectivity index (χ2n) is 5.49. The van der Waals surface area contributed by atoms with Crippen LogP contribution in [0.2, 0.25) is 0 Å². The van der Waals surface area contributed by atoms with E-state index in [9.17, 15) is 14.4 Å². The molecule has 0 atom stereocenters. The molecule has 1 aromatic carbocycles. The van der Waals surface area contributed by atoms with E-state index < -0.39 is 0 Å². The van der Waals surface area contributed by atoms with Crippen LogP contribution in [0.3, 0.4) is 0 Å². The molecule has 0 saturated heterocycles. The smallest absolute Gasteiger partial charge is 0.305 e. The summed E-state index contributed by atoms with van der Waals surface area (Å²) in [7, 11) is 1.38. The molecule has 0 bridgehead atoms. The second kappa shape index (κ2) is 10.5. The van der Waals surface area contributed by atoms with E-state index in [1.165, 1.54) is 14.0 Å². The highest BCUT2D eigenvalue weighted by Gasteiger charge is 2.06. The van der Waals surface area contributed by atoms with Gasteiger partial charge in [-0.2, -0.15) is 0 Å². The van der Waals surface area contributed by atoms with E-state index in [1.807, 2.05) is 24.3 Å². The summed E-state index contributed by atoms with van der Waals surface area (Å²) in [6, 6.07) is 7.39. The molecule has 23 heavy (non-hydrogen) atoms. The number of carbonyl (C=O) groups excluding carboxylic acids is 3. The SMILES string of the molecule is COC(=O)CCc1ccc(C(=O)CCCCCNC(C)=O)cc1. The van der Waals surface area contributed by atoms with E-state index in [0.717, 1.165) is 24.8 Å². The number of amides is 1. The van der Waals surface area contributed by atoms with Crippen LogP contribution in [0.25, 0.3) is 0 Å². The number of methoxy groups -OCH3 is 1. The Morgan fingerprint density at radius 3 is 2.30 bits per heavy atom. The van der Waals surface area contributed by atoms with Gasteiger partial charge in [0.15, 0.2) is 5.78 Å². The topological polar surface area (TPSA) is 72.5 Å². The van der Waals surface area contributed by atoms with Crippen molar-refractivity contribution in [3.8, 4) is 0 Å². The molecule has 0 radical (unpaired) electrons. The number of rotatable bonds is 10. The molecule has 0 spiro atoms. The van der Waals surface area contributed by atoms with Crippen molar-refractivity contribution < 1.29 is 19.1 Å². The van der Waals surface area contributed by atoms with Crippen molar-refractivity contribution in [3.05, 3.63) is 35.4 Å². The lowest BCUT2D eigenvalue weighted by molar-refractivity contribution is -0.140. The Morgan fingerprint density at radius 1 is 1.00 bits per heavy atom. The summed E-state index contributed by atoms with van der Waals surface area (Å²) in [5.74, 6) is -0.123. The van der Waals surface area contributed by atoms with Crippen LogP contribution in [-0.4, -0.2) is 31.3 Å². The number of aryl methyl sites for hydroxylation is 1. The Balaban J connectivity index is 2.28. The molecule has 1 rings (SSSR count). The largest absolute Gasteiger partial charge is 0.469 e. The van der Waals surface area contributed by atoms with Gasteiger partial charge in [0.25, 0.3) is 0 Å². The van der Waals surface area contributed by atoms with Crippen LogP contribution < -0.4 is 5.32 Å². The zero-order valence-corrected chi connectivity index (χ0v) is 13.9. The molecule has 5 heteroatoms. The third kappa shape index (κ3) is 8.14. The van der Waals surface area contributed by atoms with Gasteiger partial charge < -0.3 is 10.1 Å². The number of carbonyl (C=O) groups is 3. The first-order valence-electron chi connectivity index (χ1n) is 7.96. The van der Waals surface area contributed by atoms with Crippen molar-refractivity contribution >= 4 is 17.7 Å². The van der Waals surface area contributed by atoms with Crippen LogP contribution in [0.4, 0.5) is 0 Å². The van der Waals surface area contributed by atoms with Gasteiger partial charge in [-0.1, -0.05) is 30.7 Å². The Morgan fingerprint density at radius 2 is 1.70 bits per heavy atom. The molecular formula is C18H25NO4. The zero-order valence-electron chi connectivity index (χ0n) is 13.9. The molecule has 0 heterocycles. The average molecular weight is 319 g/mol. The predicted octanol–water partition coefficient (Wildman–Crippen LogP) is 2.67. The third-order valence-electron chi connectivity index (χ3n) is 3.58. The molecule has 0 saturated carbocycles. The number of esters is 1. The molecule has 0 unspecified atom stereocenters. The van der Waals surface area contributed by atoms with Crippen LogP contribution in [-0.2, 0) is 20.7 Å². The predicted molar refractivity (Wildman–Crippen MR) is 88.3 cm³/mol. The van der Waals surface area contributed by atoms with E-state index >= 15 is 0 Å². The Bertz CT molecular complexity index is 522. The molecule has 0 fully saturated rings. The summed E-state index contributed by atoms with van der Waals surface area (Å²) in [4.78, 5) is 33.9. The van der Waals surface area contributed by atoms with Gasteiger partial charge in [0.2, 0.25) is 5.91 Å². The number of ketones is 1. The molecule has 5 nitrogen and oxygen atoms in total. The molecule has 1 aromatic rings. The monoisotopic (exact) mass is 319 g/mol. The van der Waals surface area contributed by atoms with Gasteiger partial charge in [0.05, 0.1) is 7.11 Å². The summed E-state index contributed by atoms with van der Waals surface area (Å²) in [5, 5.41) is 2.74. The molecule has 0 aliphatic carbocycles. The molecule has 1 N–H and O–H groups in total. The lowest BCUT2D eigenvalue weighted by Gasteiger charge is -2.04. The molecule has 1 amide bonds. The van der Waals surface area contributed by atoms with Gasteiger partial charge in [-0.15, -0.1) is 0 Å². The number of unbranched alkanes of at least 4 members (excludes halogenated alkanes) is 2. The van der Waals surface area contributed by atoms with Crippen molar-refractivity contribution in [1.82, 2.24) is 5.32 Å². The van der Waals surface area contributed by atoms with Gasteiger partial charge in [0.1, 0.15) is 0 Å². The number of Topliss-reactive ketones (excluding diaryl/α,β-unsaturated/α-hetero) is 1. The highest BCUT2D eigenvalue weighted by molar-refractivity contribution is 5.96. The minimum absolute atomic E-state index is 0.0200. The first kappa shape index (κ1) is 18.9. The number of hydrogen-bond acceptors (Lipinski definition) is 4. The fourth-order valence-electron chi connectivity index (χ4n) is 2.20. The minimum Gasteiger partial charge on any atom is -0.469 e. The number of benzene rings is 1. The highest BCUT2D eigenvalue weighted by atomic mass is 16.5. The second-order valence-corrected chi connectivity index (χ2v) is 5.49. The summed E-state index contributed by atoms with van der Waals surface area (Å²) < 4.78 is 4.60. The van der Waals surface area contributed by atoms with Crippen molar-refractivity contribution in [2.75, 3.05) is 13.7 Å². The van der Waals surface area contributed by atoms with E-state index in [4.69, 9.17) is 0 Å². The Labute approximate surface area is 137 Å². The van der Waals surface area contributed by atoms with Crippen molar-refractivity contribution in [3.63, 3.8) is 0 Å². The maximum Gasteiger partial charge on any atom is 0.305 e. The van der Waals surface area contributed by atoms with E-state index in [-0.39, 0.29) is 17.7 Å². The van der Waals surface area contributed by atoms with Crippen LogP contribution in [0.5, 0.6) is 0 Å². The van der Waals surface area contributed by atoms with Crippen LogP contribution in [0, 0.1) is 0 Å². The Hall–Kier alpha value is -2.17. The van der Waals surface area contributed by atoms with Gasteiger partial charge in [-0.25, -0.2) is 0 Å². The van der Waals surface area contributed by atoms with Gasteiger partial charge >= 0.3 is 5.97 Å². The van der Waals surface area contributed by atoms with Gasteiger partial charge in [-0.3, -0.25) is 14.4 Å². The number of nitrogens with one attached hydrogen (secondary N) is 1. The quantitative estimate of drug-likeness (QED) is 0.409. The standard InChI is InChI=1S/C18H25NO4/c1-14(20)19-13-5-3-4-6-17(21)16-10-7-15(8-11-16)9-12-18(22)23-2/h7-8,10-11H,3-6,9,12-13H2,1-2H3,(H,19,20). The number of hydrogen-bond donors (Lipinski definition) is 1. The molecule has 0 aromatic heterocycles. The van der Waals surface area contributed by atoms with Crippen LogP contribution >= 0.6 is 0 Å². The van der Waals surface area contributed by atoms with Crippen molar-refractivity contribution in [1.29, 1.82) is 0 Å². The highest BCUT2D eigenvalue weighted by Crippen LogP contribution is 2.11. The minimum atomic E-state index is -0.232. The van der Waals surface area contributed by atoms with Gasteiger partial charge in [-0.05, 0) is 24.8 Å². The molecule has 126 valence electrons. The number of ether oxygens (including phenoxy) is 1. The lowest BCUT2D eigenvalue weighted by Crippen LogP contribution is -2.20. The van der Waals surface area contributed by atoms with Crippen molar-refractivity contribution in [2.24, 2.45) is 0 Å². The molecule has 0 aliphatic heterocycles. The van der Waals surface area contributed by atoms with E-state index in [0.29, 0.717) is 31.4 Å². The molecule has 0 aliphatic rings. The third-order valence-corrected chi connectivity index (χ3v) is 3.58. The zero-order chi connectivity index (χ0) is 17.1. The van der Waals surface area contributed by atoms with Crippen molar-refractivity contribution in [2.45, 2.75) is 45.4 Å². The van der Waals surface area contributed by atoms with E-state index in [1.54, 1.807) is 0 Å².